The maximum absolute atomic E-state index is 11.9. The van der Waals surface area contributed by atoms with E-state index in [2.05, 4.69) is 52.4 Å². The van der Waals surface area contributed by atoms with Crippen LogP contribution < -0.4 is 5.32 Å². The first-order chi connectivity index (χ1) is 9.06. The van der Waals surface area contributed by atoms with E-state index in [1.54, 1.807) is 0 Å². The topological polar surface area (TPSA) is 70.7 Å². The van der Waals surface area contributed by atoms with Gasteiger partial charge >= 0.3 is 0 Å². The molecule has 19 heavy (non-hydrogen) atoms. The fourth-order valence-corrected chi connectivity index (χ4v) is 3.59. The Morgan fingerprint density at radius 3 is 2.68 bits per heavy atom. The molecule has 0 aliphatic rings. The Hall–Kier alpha value is -0.860. The summed E-state index contributed by atoms with van der Waals surface area (Å²) in [5, 5.41) is 9.88. The quantitative estimate of drug-likeness (QED) is 0.765. The summed E-state index contributed by atoms with van der Waals surface area (Å²) in [4.78, 5) is 15.8. The molecule has 2 aromatic rings. The highest BCUT2D eigenvalue weighted by molar-refractivity contribution is 9.11. The van der Waals surface area contributed by atoms with Crippen molar-refractivity contribution in [2.75, 3.05) is 11.1 Å². The SMILES string of the molecule is Cc1cc(Br)c(NC(=O)CSc2ncn[nH]2)c(Br)c1. The number of nitrogens with one attached hydrogen (secondary N) is 2. The molecule has 1 heterocycles. The molecule has 2 rings (SSSR count). The summed E-state index contributed by atoms with van der Waals surface area (Å²) in [5.74, 6) is 0.161. The number of halogens is 2. The number of amides is 1. The van der Waals surface area contributed by atoms with Crippen LogP contribution in [0.25, 0.3) is 0 Å². The Labute approximate surface area is 131 Å². The van der Waals surface area contributed by atoms with Crippen LogP contribution in [0.1, 0.15) is 5.56 Å². The van der Waals surface area contributed by atoms with E-state index in [9.17, 15) is 4.79 Å². The normalized spacial score (nSPS) is 10.5. The molecule has 0 spiro atoms. The summed E-state index contributed by atoms with van der Waals surface area (Å²) >= 11 is 8.17. The van der Waals surface area contributed by atoms with Crippen molar-refractivity contribution < 1.29 is 4.79 Å². The van der Waals surface area contributed by atoms with Gasteiger partial charge in [0.1, 0.15) is 6.33 Å². The summed E-state index contributed by atoms with van der Waals surface area (Å²) < 4.78 is 1.69. The number of thioether (sulfide) groups is 1. The smallest absolute Gasteiger partial charge is 0.234 e. The van der Waals surface area contributed by atoms with Crippen molar-refractivity contribution in [3.05, 3.63) is 33.0 Å². The Kier molecular flexibility index (Phi) is 5.00. The monoisotopic (exact) mass is 404 g/mol. The van der Waals surface area contributed by atoms with E-state index in [-0.39, 0.29) is 11.7 Å². The molecule has 0 aliphatic carbocycles. The van der Waals surface area contributed by atoms with E-state index >= 15 is 0 Å². The van der Waals surface area contributed by atoms with Gasteiger partial charge in [0.15, 0.2) is 5.16 Å². The molecule has 0 aliphatic heterocycles. The molecule has 0 radical (unpaired) electrons. The van der Waals surface area contributed by atoms with E-state index in [1.165, 1.54) is 18.1 Å². The first kappa shape index (κ1) is 14.5. The van der Waals surface area contributed by atoms with Gasteiger partial charge < -0.3 is 5.32 Å². The number of aryl methyl sites for hydroxylation is 1. The molecule has 1 amide bonds. The lowest BCUT2D eigenvalue weighted by atomic mass is 10.2. The standard InChI is InChI=1S/C11H10Br2N4OS/c1-6-2-7(12)10(8(13)3-6)16-9(18)4-19-11-14-5-15-17-11/h2-3,5H,4H2,1H3,(H,16,18)(H,14,15,17). The lowest BCUT2D eigenvalue weighted by molar-refractivity contribution is -0.113. The van der Waals surface area contributed by atoms with Crippen LogP contribution in [0, 0.1) is 6.92 Å². The molecule has 1 aromatic heterocycles. The summed E-state index contributed by atoms with van der Waals surface area (Å²) in [6, 6.07) is 3.90. The third-order valence-electron chi connectivity index (χ3n) is 2.18. The molecule has 0 saturated carbocycles. The predicted molar refractivity (Wildman–Crippen MR) is 82.3 cm³/mol. The minimum Gasteiger partial charge on any atom is -0.323 e. The summed E-state index contributed by atoms with van der Waals surface area (Å²) in [6.45, 7) is 1.99. The second-order valence-corrected chi connectivity index (χ2v) is 6.40. The largest absolute Gasteiger partial charge is 0.323 e. The molecule has 1 aromatic carbocycles. The Bertz CT molecular complexity index is 565. The summed E-state index contributed by atoms with van der Waals surface area (Å²) in [5.41, 5.74) is 1.83. The number of benzene rings is 1. The van der Waals surface area contributed by atoms with Crippen molar-refractivity contribution in [1.82, 2.24) is 15.2 Å². The number of hydrogen-bond acceptors (Lipinski definition) is 4. The summed E-state index contributed by atoms with van der Waals surface area (Å²) in [7, 11) is 0. The summed E-state index contributed by atoms with van der Waals surface area (Å²) in [6.07, 6.45) is 1.41. The van der Waals surface area contributed by atoms with Crippen molar-refractivity contribution in [1.29, 1.82) is 0 Å². The average Bonchev–Trinajstić information content (AvgIpc) is 2.84. The van der Waals surface area contributed by atoms with Crippen LogP contribution in [0.15, 0.2) is 32.6 Å². The number of nitrogens with zero attached hydrogens (tertiary/aromatic N) is 2. The fraction of sp³-hybridized carbons (Fsp3) is 0.182. The third kappa shape index (κ3) is 4.05. The highest BCUT2D eigenvalue weighted by Crippen LogP contribution is 2.32. The number of hydrogen-bond donors (Lipinski definition) is 2. The van der Waals surface area contributed by atoms with Gasteiger partial charge in [-0.2, -0.15) is 5.10 Å². The second-order valence-electron chi connectivity index (χ2n) is 3.73. The second kappa shape index (κ2) is 6.53. The van der Waals surface area contributed by atoms with Gasteiger partial charge in [-0.15, -0.1) is 0 Å². The molecule has 0 fully saturated rings. The highest BCUT2D eigenvalue weighted by Gasteiger charge is 2.11. The minimum absolute atomic E-state index is 0.105. The molecule has 100 valence electrons. The first-order valence-electron chi connectivity index (χ1n) is 5.30. The van der Waals surface area contributed by atoms with E-state index in [0.29, 0.717) is 5.16 Å². The van der Waals surface area contributed by atoms with Crippen molar-refractivity contribution >= 4 is 55.2 Å². The van der Waals surface area contributed by atoms with Crippen molar-refractivity contribution in [3.8, 4) is 0 Å². The van der Waals surface area contributed by atoms with Crippen molar-refractivity contribution in [3.63, 3.8) is 0 Å². The maximum atomic E-state index is 11.9. The Balaban J connectivity index is 1.99. The molecule has 0 unspecified atom stereocenters. The predicted octanol–water partition coefficient (Wildman–Crippen LogP) is 3.37. The van der Waals surface area contributed by atoms with Crippen LogP contribution in [0.4, 0.5) is 5.69 Å². The zero-order valence-electron chi connectivity index (χ0n) is 9.91. The van der Waals surface area contributed by atoms with Crippen LogP contribution >= 0.6 is 43.6 Å². The van der Waals surface area contributed by atoms with Crippen LogP contribution in [-0.2, 0) is 4.79 Å². The van der Waals surface area contributed by atoms with Crippen LogP contribution in [0.3, 0.4) is 0 Å². The Morgan fingerprint density at radius 2 is 2.11 bits per heavy atom. The molecule has 2 N–H and O–H groups in total. The number of carbonyl (C=O) groups is 1. The first-order valence-corrected chi connectivity index (χ1v) is 7.87. The molecule has 0 saturated heterocycles. The number of carbonyl (C=O) groups excluding carboxylic acids is 1. The molecule has 0 atom stereocenters. The van der Waals surface area contributed by atoms with Gasteiger partial charge in [0.05, 0.1) is 11.4 Å². The number of rotatable bonds is 4. The molecule has 5 nitrogen and oxygen atoms in total. The van der Waals surface area contributed by atoms with Crippen LogP contribution in [0.5, 0.6) is 0 Å². The number of aromatic nitrogens is 3. The van der Waals surface area contributed by atoms with Gasteiger partial charge in [0, 0.05) is 8.95 Å². The number of anilines is 1. The van der Waals surface area contributed by atoms with E-state index in [1.807, 2.05) is 19.1 Å². The fourth-order valence-electron chi connectivity index (χ4n) is 1.39. The van der Waals surface area contributed by atoms with E-state index < -0.39 is 0 Å². The average molecular weight is 406 g/mol. The molecule has 0 bridgehead atoms. The van der Waals surface area contributed by atoms with Gasteiger partial charge in [-0.05, 0) is 56.5 Å². The van der Waals surface area contributed by atoms with Gasteiger partial charge in [-0.25, -0.2) is 4.98 Å². The minimum atomic E-state index is -0.105. The number of H-pyrrole nitrogens is 1. The maximum Gasteiger partial charge on any atom is 0.234 e. The number of aromatic amines is 1. The lowest BCUT2D eigenvalue weighted by Gasteiger charge is -2.10. The highest BCUT2D eigenvalue weighted by atomic mass is 79.9. The van der Waals surface area contributed by atoms with Gasteiger partial charge in [-0.1, -0.05) is 11.8 Å². The van der Waals surface area contributed by atoms with E-state index in [0.717, 1.165) is 20.2 Å². The lowest BCUT2D eigenvalue weighted by Crippen LogP contribution is -2.15. The van der Waals surface area contributed by atoms with Crippen molar-refractivity contribution in [2.24, 2.45) is 0 Å². The molecule has 8 heteroatoms. The molecular weight excluding hydrogens is 396 g/mol. The van der Waals surface area contributed by atoms with E-state index in [4.69, 9.17) is 0 Å². The zero-order valence-corrected chi connectivity index (χ0v) is 13.9. The van der Waals surface area contributed by atoms with Gasteiger partial charge in [0.25, 0.3) is 0 Å². The molecular formula is C11H10Br2N4OS. The van der Waals surface area contributed by atoms with Gasteiger partial charge in [0.2, 0.25) is 5.91 Å². The van der Waals surface area contributed by atoms with Crippen LogP contribution in [-0.4, -0.2) is 26.8 Å². The van der Waals surface area contributed by atoms with Crippen molar-refractivity contribution in [2.45, 2.75) is 12.1 Å². The van der Waals surface area contributed by atoms with Gasteiger partial charge in [-0.3, -0.25) is 9.89 Å². The zero-order chi connectivity index (χ0) is 13.8. The van der Waals surface area contributed by atoms with Crippen LogP contribution in [0.2, 0.25) is 0 Å². The Morgan fingerprint density at radius 1 is 1.42 bits per heavy atom. The third-order valence-corrected chi connectivity index (χ3v) is 4.31.